The van der Waals surface area contributed by atoms with Crippen LogP contribution in [0, 0.1) is 0 Å². The van der Waals surface area contributed by atoms with Crippen LogP contribution in [0.1, 0.15) is 20.3 Å². The van der Waals surface area contributed by atoms with Crippen LogP contribution in [-0.4, -0.2) is 17.0 Å². The molecule has 0 aliphatic carbocycles. The van der Waals surface area contributed by atoms with Crippen molar-refractivity contribution < 1.29 is 9.63 Å². The molecule has 5 heteroatoms. The van der Waals surface area contributed by atoms with Crippen LogP contribution in [0.3, 0.4) is 0 Å². The van der Waals surface area contributed by atoms with Gasteiger partial charge in [-0.25, -0.2) is 5.84 Å². The van der Waals surface area contributed by atoms with Crippen LogP contribution < -0.4 is 11.4 Å². The van der Waals surface area contributed by atoms with Crippen LogP contribution >= 0.6 is 11.8 Å². The van der Waals surface area contributed by atoms with Crippen molar-refractivity contribution >= 4 is 17.7 Å². The lowest BCUT2D eigenvalue weighted by molar-refractivity contribution is -0.150. The van der Waals surface area contributed by atoms with Gasteiger partial charge in [0.25, 0.3) is 0 Å². The van der Waals surface area contributed by atoms with Crippen molar-refractivity contribution in [1.82, 2.24) is 5.59 Å². The molecular formula is C6H14N2O2S. The van der Waals surface area contributed by atoms with Gasteiger partial charge in [0.2, 0.25) is 0 Å². The standard InChI is InChI=1S/C6H14N2O2S/c1-5(2)11-4-3-6(9)10-8-7/h5,8H,3-4,7H2,1-2H3. The minimum Gasteiger partial charge on any atom is -0.356 e. The second kappa shape index (κ2) is 6.45. The highest BCUT2D eigenvalue weighted by Crippen LogP contribution is 2.09. The third-order valence-electron chi connectivity index (χ3n) is 0.930. The molecular weight excluding hydrogens is 164 g/mol. The first-order chi connectivity index (χ1) is 5.16. The Morgan fingerprint density at radius 1 is 1.73 bits per heavy atom. The van der Waals surface area contributed by atoms with Gasteiger partial charge in [0.15, 0.2) is 0 Å². The molecule has 11 heavy (non-hydrogen) atoms. The smallest absolute Gasteiger partial charge is 0.327 e. The van der Waals surface area contributed by atoms with E-state index in [9.17, 15) is 4.79 Å². The minimum atomic E-state index is -0.319. The zero-order valence-electron chi connectivity index (χ0n) is 6.79. The summed E-state index contributed by atoms with van der Waals surface area (Å²) in [6, 6.07) is 0. The Bertz CT molecular complexity index is 119. The molecule has 0 radical (unpaired) electrons. The second-order valence-electron chi connectivity index (χ2n) is 2.26. The van der Waals surface area contributed by atoms with Crippen molar-refractivity contribution in [2.24, 2.45) is 5.84 Å². The van der Waals surface area contributed by atoms with E-state index in [0.717, 1.165) is 5.75 Å². The first-order valence-electron chi connectivity index (χ1n) is 3.43. The molecule has 0 aromatic heterocycles. The average molecular weight is 178 g/mol. The molecule has 0 spiro atoms. The summed E-state index contributed by atoms with van der Waals surface area (Å²) in [5.41, 5.74) is 1.85. The number of carbonyl (C=O) groups is 1. The molecule has 0 aromatic rings. The lowest BCUT2D eigenvalue weighted by Crippen LogP contribution is -2.26. The minimum absolute atomic E-state index is 0.319. The van der Waals surface area contributed by atoms with E-state index in [2.05, 4.69) is 18.7 Å². The van der Waals surface area contributed by atoms with Crippen LogP contribution in [0.5, 0.6) is 0 Å². The van der Waals surface area contributed by atoms with Gasteiger partial charge in [0, 0.05) is 5.75 Å². The highest BCUT2D eigenvalue weighted by molar-refractivity contribution is 7.99. The van der Waals surface area contributed by atoms with Gasteiger partial charge >= 0.3 is 5.97 Å². The Kier molecular flexibility index (Phi) is 6.30. The second-order valence-corrected chi connectivity index (χ2v) is 3.95. The monoisotopic (exact) mass is 178 g/mol. The molecule has 0 aromatic carbocycles. The molecule has 0 fully saturated rings. The summed E-state index contributed by atoms with van der Waals surface area (Å²) >= 11 is 1.72. The Morgan fingerprint density at radius 2 is 2.36 bits per heavy atom. The van der Waals surface area contributed by atoms with Gasteiger partial charge in [-0.2, -0.15) is 11.8 Å². The van der Waals surface area contributed by atoms with E-state index >= 15 is 0 Å². The van der Waals surface area contributed by atoms with Crippen molar-refractivity contribution in [3.63, 3.8) is 0 Å². The zero-order valence-corrected chi connectivity index (χ0v) is 7.61. The quantitative estimate of drug-likeness (QED) is 0.472. The topological polar surface area (TPSA) is 64.3 Å². The summed E-state index contributed by atoms with van der Waals surface area (Å²) in [4.78, 5) is 14.9. The van der Waals surface area contributed by atoms with Crippen molar-refractivity contribution in [3.8, 4) is 0 Å². The predicted octanol–water partition coefficient (Wildman–Crippen LogP) is 0.440. The first kappa shape index (κ1) is 10.7. The molecule has 4 nitrogen and oxygen atoms in total. The number of nitrogens with one attached hydrogen (secondary N) is 1. The molecule has 0 amide bonds. The molecule has 0 bridgehead atoms. The molecule has 3 N–H and O–H groups in total. The van der Waals surface area contributed by atoms with Crippen LogP contribution in [-0.2, 0) is 9.63 Å². The van der Waals surface area contributed by atoms with Crippen molar-refractivity contribution in [1.29, 1.82) is 0 Å². The summed E-state index contributed by atoms with van der Waals surface area (Å²) in [5, 5.41) is 0.550. The van der Waals surface area contributed by atoms with Gasteiger partial charge < -0.3 is 4.84 Å². The highest BCUT2D eigenvalue weighted by atomic mass is 32.2. The number of hydrazine groups is 1. The summed E-state index contributed by atoms with van der Waals surface area (Å²) < 4.78 is 0. The van der Waals surface area contributed by atoms with Gasteiger partial charge in [-0.3, -0.25) is 4.79 Å². The SMILES string of the molecule is CC(C)SCCC(=O)ONN. The molecule has 0 heterocycles. The van der Waals surface area contributed by atoms with Gasteiger partial charge in [-0.05, 0) is 5.25 Å². The van der Waals surface area contributed by atoms with E-state index in [0.29, 0.717) is 11.7 Å². The van der Waals surface area contributed by atoms with E-state index < -0.39 is 0 Å². The first-order valence-corrected chi connectivity index (χ1v) is 4.48. The zero-order chi connectivity index (χ0) is 8.69. The van der Waals surface area contributed by atoms with E-state index in [1.807, 2.05) is 5.59 Å². The third-order valence-corrected chi connectivity index (χ3v) is 2.04. The number of hydrogen-bond donors (Lipinski definition) is 2. The maximum atomic E-state index is 10.6. The molecule has 0 rings (SSSR count). The molecule has 0 saturated carbocycles. The van der Waals surface area contributed by atoms with Crippen LogP contribution in [0.2, 0.25) is 0 Å². The number of carbonyl (C=O) groups excluding carboxylic acids is 1. The van der Waals surface area contributed by atoms with Crippen molar-refractivity contribution in [2.75, 3.05) is 5.75 Å². The molecule has 66 valence electrons. The third kappa shape index (κ3) is 7.64. The lowest BCUT2D eigenvalue weighted by Gasteiger charge is -2.03. The van der Waals surface area contributed by atoms with Gasteiger partial charge in [-0.1, -0.05) is 19.4 Å². The highest BCUT2D eigenvalue weighted by Gasteiger charge is 2.02. The largest absolute Gasteiger partial charge is 0.356 e. The van der Waals surface area contributed by atoms with Gasteiger partial charge in [0.05, 0.1) is 6.42 Å². The fraction of sp³-hybridized carbons (Fsp3) is 0.833. The number of thioether (sulfide) groups is 1. The van der Waals surface area contributed by atoms with E-state index in [1.165, 1.54) is 0 Å². The Morgan fingerprint density at radius 3 is 2.82 bits per heavy atom. The van der Waals surface area contributed by atoms with Crippen LogP contribution in [0.4, 0.5) is 0 Å². The fourth-order valence-electron chi connectivity index (χ4n) is 0.495. The maximum Gasteiger partial charge on any atom is 0.327 e. The van der Waals surface area contributed by atoms with E-state index in [-0.39, 0.29) is 5.97 Å². The van der Waals surface area contributed by atoms with E-state index in [4.69, 9.17) is 5.84 Å². The number of nitrogens with two attached hydrogens (primary N) is 1. The van der Waals surface area contributed by atoms with E-state index in [1.54, 1.807) is 11.8 Å². The van der Waals surface area contributed by atoms with Gasteiger partial charge in [-0.15, -0.1) is 0 Å². The molecule has 0 aliphatic heterocycles. The maximum absolute atomic E-state index is 10.6. The number of hydrogen-bond acceptors (Lipinski definition) is 5. The fourth-order valence-corrected chi connectivity index (χ4v) is 1.25. The molecule has 0 aliphatic rings. The van der Waals surface area contributed by atoms with Crippen LogP contribution in [0.25, 0.3) is 0 Å². The summed E-state index contributed by atoms with van der Waals surface area (Å²) in [6.07, 6.45) is 0.396. The number of rotatable bonds is 5. The van der Waals surface area contributed by atoms with Crippen molar-refractivity contribution in [2.45, 2.75) is 25.5 Å². The summed E-state index contributed by atoms with van der Waals surface area (Å²) in [5.74, 6) is 5.22. The summed E-state index contributed by atoms with van der Waals surface area (Å²) in [6.45, 7) is 4.16. The molecule has 0 unspecified atom stereocenters. The Hall–Kier alpha value is -0.260. The molecule has 0 atom stereocenters. The average Bonchev–Trinajstić information content (AvgIpc) is 1.87. The lowest BCUT2D eigenvalue weighted by atomic mass is 10.5. The Balaban J connectivity index is 3.17. The van der Waals surface area contributed by atoms with Crippen LogP contribution in [0.15, 0.2) is 0 Å². The normalized spacial score (nSPS) is 10.2. The van der Waals surface area contributed by atoms with Crippen molar-refractivity contribution in [3.05, 3.63) is 0 Å². The predicted molar refractivity (Wildman–Crippen MR) is 45.6 cm³/mol. The Labute approximate surface area is 70.8 Å². The molecule has 0 saturated heterocycles. The van der Waals surface area contributed by atoms with Gasteiger partial charge in [0.1, 0.15) is 0 Å². The summed E-state index contributed by atoms with van der Waals surface area (Å²) in [7, 11) is 0.